The van der Waals surface area contributed by atoms with Gasteiger partial charge in [-0.05, 0) is 52.0 Å². The van der Waals surface area contributed by atoms with Crippen molar-refractivity contribution in [1.29, 1.82) is 0 Å². The minimum Gasteiger partial charge on any atom is -1.00 e. The number of carbonyl (C=O) groups is 1. The zero-order valence-corrected chi connectivity index (χ0v) is 20.8. The number of aromatic nitrogens is 1. The minimum atomic E-state index is 0. The summed E-state index contributed by atoms with van der Waals surface area (Å²) in [5.74, 6) is 1.53. The molecular weight excluding hydrogens is 501 g/mol. The number of para-hydroxylation sites is 1. The van der Waals surface area contributed by atoms with Crippen LogP contribution in [0.4, 0.5) is 16.3 Å². The topological polar surface area (TPSA) is 33.2 Å². The molecule has 1 aliphatic heterocycles. The van der Waals surface area contributed by atoms with Crippen molar-refractivity contribution < 1.29 is 33.3 Å². The van der Waals surface area contributed by atoms with Crippen molar-refractivity contribution in [1.82, 2.24) is 4.98 Å². The standard InChI is InChI=1S/C21H28N3OS2.HI/c1-15(2)24(5,16(3)4)13-14-26-21(25)23-17-9-6-7-10-18(17)27-19-11-8-12-22-20(19)23;/h6-12,15-16H,13-14H2,1-5H3;1H/q+1;/p-1. The summed E-state index contributed by atoms with van der Waals surface area (Å²) in [7, 11) is 2.28. The van der Waals surface area contributed by atoms with Crippen molar-refractivity contribution in [3.8, 4) is 0 Å². The maximum Gasteiger partial charge on any atom is 0.292 e. The summed E-state index contributed by atoms with van der Waals surface area (Å²) in [6.07, 6.45) is 1.75. The van der Waals surface area contributed by atoms with Crippen molar-refractivity contribution in [2.24, 2.45) is 0 Å². The summed E-state index contributed by atoms with van der Waals surface area (Å²) in [5, 5.41) is 0.0433. The third kappa shape index (κ3) is 4.68. The maximum absolute atomic E-state index is 13.2. The Balaban J connectivity index is 0.00000280. The fraction of sp³-hybridized carbons (Fsp3) is 0.429. The number of carbonyl (C=O) groups excluding carboxylic acids is 1. The Morgan fingerprint density at radius 3 is 2.43 bits per heavy atom. The summed E-state index contributed by atoms with van der Waals surface area (Å²) < 4.78 is 0.960. The van der Waals surface area contributed by atoms with Crippen molar-refractivity contribution >= 4 is 40.3 Å². The summed E-state index contributed by atoms with van der Waals surface area (Å²) >= 11 is 3.06. The molecule has 0 radical (unpaired) electrons. The zero-order chi connectivity index (χ0) is 19.6. The molecule has 152 valence electrons. The van der Waals surface area contributed by atoms with Gasteiger partial charge >= 0.3 is 0 Å². The summed E-state index contributed by atoms with van der Waals surface area (Å²) in [6, 6.07) is 13.0. The molecule has 0 atom stereocenters. The molecule has 0 saturated carbocycles. The molecule has 0 N–H and O–H groups in total. The quantitative estimate of drug-likeness (QED) is 0.441. The van der Waals surface area contributed by atoms with Crippen LogP contribution in [0.3, 0.4) is 0 Å². The van der Waals surface area contributed by atoms with Gasteiger partial charge < -0.3 is 28.5 Å². The highest BCUT2D eigenvalue weighted by Gasteiger charge is 2.32. The lowest BCUT2D eigenvalue weighted by Crippen LogP contribution is -3.00. The Morgan fingerprint density at radius 2 is 1.75 bits per heavy atom. The molecule has 1 amide bonds. The van der Waals surface area contributed by atoms with Crippen molar-refractivity contribution in [2.75, 3.05) is 24.2 Å². The fourth-order valence-corrected chi connectivity index (χ4v) is 5.28. The molecule has 0 spiro atoms. The summed E-state index contributed by atoms with van der Waals surface area (Å²) in [6.45, 7) is 9.98. The van der Waals surface area contributed by atoms with Gasteiger partial charge in [0.1, 0.15) is 0 Å². The normalized spacial score (nSPS) is 13.2. The first kappa shape index (κ1) is 23.5. The van der Waals surface area contributed by atoms with Crippen molar-refractivity contribution in [2.45, 2.75) is 49.6 Å². The first-order valence-corrected chi connectivity index (χ1v) is 11.2. The summed E-state index contributed by atoms with van der Waals surface area (Å²) in [4.78, 5) is 21.6. The molecule has 1 aliphatic rings. The fourth-order valence-electron chi connectivity index (χ4n) is 3.28. The Bertz CT molecular complexity index is 775. The number of anilines is 2. The van der Waals surface area contributed by atoms with E-state index in [1.54, 1.807) is 22.9 Å². The first-order chi connectivity index (χ1) is 12.8. The molecule has 1 aromatic heterocycles. The third-order valence-corrected chi connectivity index (χ3v) is 7.55. The molecule has 0 bridgehead atoms. The van der Waals surface area contributed by atoms with Crippen molar-refractivity contribution in [3.05, 3.63) is 42.6 Å². The minimum absolute atomic E-state index is 0. The van der Waals surface area contributed by atoms with Gasteiger partial charge in [0.25, 0.3) is 5.24 Å². The van der Waals surface area contributed by atoms with Gasteiger partial charge in [0, 0.05) is 11.1 Å². The van der Waals surface area contributed by atoms with Gasteiger partial charge in [0.2, 0.25) is 0 Å². The molecule has 0 aliphatic carbocycles. The molecule has 1 aromatic carbocycles. The Hall–Kier alpha value is -0.770. The molecule has 0 saturated heterocycles. The monoisotopic (exact) mass is 529 g/mol. The average Bonchev–Trinajstić information content (AvgIpc) is 2.65. The lowest BCUT2D eigenvalue weighted by molar-refractivity contribution is -0.947. The van der Waals surface area contributed by atoms with Crippen LogP contribution in [0.25, 0.3) is 0 Å². The van der Waals surface area contributed by atoms with Gasteiger partial charge in [0.05, 0.1) is 42.0 Å². The molecular formula is C21H28IN3OS2. The number of benzene rings is 1. The predicted molar refractivity (Wildman–Crippen MR) is 116 cm³/mol. The van der Waals surface area contributed by atoms with Crippen LogP contribution in [-0.4, -0.2) is 46.1 Å². The molecule has 7 heteroatoms. The van der Waals surface area contributed by atoms with Crippen LogP contribution >= 0.6 is 23.5 Å². The maximum atomic E-state index is 13.2. The average molecular weight is 530 g/mol. The van der Waals surface area contributed by atoms with Gasteiger partial charge in [-0.3, -0.25) is 9.69 Å². The van der Waals surface area contributed by atoms with Crippen LogP contribution in [0, 0.1) is 0 Å². The molecule has 2 heterocycles. The number of rotatable bonds is 5. The lowest BCUT2D eigenvalue weighted by Gasteiger charge is -2.42. The molecule has 0 fully saturated rings. The number of nitrogens with zero attached hydrogens (tertiary/aromatic N) is 3. The van der Waals surface area contributed by atoms with E-state index in [1.165, 1.54) is 11.8 Å². The lowest BCUT2D eigenvalue weighted by atomic mass is 10.2. The highest BCUT2D eigenvalue weighted by atomic mass is 127. The number of thioether (sulfide) groups is 1. The van der Waals surface area contributed by atoms with E-state index in [2.05, 4.69) is 45.8 Å². The highest BCUT2D eigenvalue weighted by molar-refractivity contribution is 8.14. The number of pyridine rings is 1. The van der Waals surface area contributed by atoms with Crippen LogP contribution < -0.4 is 28.9 Å². The second-order valence-corrected chi connectivity index (χ2v) is 9.73. The largest absolute Gasteiger partial charge is 1.00 e. The van der Waals surface area contributed by atoms with E-state index >= 15 is 0 Å². The molecule has 3 rings (SSSR count). The van der Waals surface area contributed by atoms with Gasteiger partial charge in [-0.25, -0.2) is 4.98 Å². The van der Waals surface area contributed by atoms with E-state index in [4.69, 9.17) is 0 Å². The van der Waals surface area contributed by atoms with Crippen LogP contribution in [0.5, 0.6) is 0 Å². The van der Waals surface area contributed by atoms with Crippen LogP contribution in [0.1, 0.15) is 27.7 Å². The van der Waals surface area contributed by atoms with Crippen molar-refractivity contribution in [3.63, 3.8) is 0 Å². The SMILES string of the molecule is CC(C)[N+](C)(CCSC(=O)N1c2ccccc2Sc2cccnc21)C(C)C.[I-]. The van der Waals surface area contributed by atoms with E-state index in [9.17, 15) is 4.79 Å². The van der Waals surface area contributed by atoms with E-state index < -0.39 is 0 Å². The van der Waals surface area contributed by atoms with Crippen LogP contribution in [0.15, 0.2) is 52.4 Å². The highest BCUT2D eigenvalue weighted by Crippen LogP contribution is 2.47. The predicted octanol–water partition coefficient (Wildman–Crippen LogP) is 2.80. The van der Waals surface area contributed by atoms with E-state index in [0.29, 0.717) is 12.1 Å². The molecule has 4 nitrogen and oxygen atoms in total. The number of hydrogen-bond donors (Lipinski definition) is 0. The molecule has 0 unspecified atom stereocenters. The molecule has 2 aromatic rings. The van der Waals surface area contributed by atoms with E-state index in [-0.39, 0.29) is 29.2 Å². The number of quaternary nitrogens is 1. The third-order valence-electron chi connectivity index (χ3n) is 5.63. The first-order valence-electron chi connectivity index (χ1n) is 9.38. The van der Waals surface area contributed by atoms with Gasteiger partial charge in [-0.1, -0.05) is 35.7 Å². The summed E-state index contributed by atoms with van der Waals surface area (Å²) in [5.41, 5.74) is 0.927. The number of halogens is 1. The van der Waals surface area contributed by atoms with Crippen LogP contribution in [-0.2, 0) is 0 Å². The van der Waals surface area contributed by atoms with E-state index in [0.717, 1.165) is 38.1 Å². The van der Waals surface area contributed by atoms with Gasteiger partial charge in [-0.15, -0.1) is 0 Å². The Morgan fingerprint density at radius 1 is 1.11 bits per heavy atom. The van der Waals surface area contributed by atoms with Gasteiger partial charge in [-0.2, -0.15) is 0 Å². The number of fused-ring (bicyclic) bond motifs is 2. The Kier molecular flexibility index (Phi) is 8.25. The van der Waals surface area contributed by atoms with E-state index in [1.807, 2.05) is 30.3 Å². The number of hydrogen-bond acceptors (Lipinski definition) is 4. The zero-order valence-electron chi connectivity index (χ0n) is 17.1. The van der Waals surface area contributed by atoms with Gasteiger partial charge in [0.15, 0.2) is 5.82 Å². The smallest absolute Gasteiger partial charge is 0.292 e. The van der Waals surface area contributed by atoms with Crippen LogP contribution in [0.2, 0.25) is 0 Å². The second kappa shape index (κ2) is 9.82. The second-order valence-electron chi connectivity index (χ2n) is 7.60. The molecule has 28 heavy (non-hydrogen) atoms. The number of amides is 1. The Labute approximate surface area is 194 Å².